The van der Waals surface area contributed by atoms with Crippen molar-refractivity contribution in [3.63, 3.8) is 0 Å². The number of nitrogens with zero attached hydrogens (tertiary/aromatic N) is 1. The lowest BCUT2D eigenvalue weighted by molar-refractivity contribution is -0.171. The summed E-state index contributed by atoms with van der Waals surface area (Å²) in [6.07, 6.45) is -4.23. The standard InChI is InChI=1S/C10H10F4N2O2S/c1-6-3-7(4-8(11)15-6)5-19(2,18)16-9(17)10(12,13)14/h3-5H,1-2H3,(H,16,17,18). The number of carbonyl (C=O) groups is 1. The first-order valence-electron chi connectivity index (χ1n) is 4.87. The van der Waals surface area contributed by atoms with Crippen molar-refractivity contribution >= 4 is 21.0 Å². The topological polar surface area (TPSA) is 59.1 Å². The van der Waals surface area contributed by atoms with Gasteiger partial charge >= 0.3 is 12.1 Å². The third-order valence-corrected chi connectivity index (χ3v) is 3.17. The minimum Gasteiger partial charge on any atom is -0.275 e. The maximum Gasteiger partial charge on any atom is 0.472 e. The van der Waals surface area contributed by atoms with Crippen molar-refractivity contribution in [3.8, 4) is 0 Å². The number of halogens is 4. The fourth-order valence-electron chi connectivity index (χ4n) is 1.25. The Morgan fingerprint density at radius 1 is 1.42 bits per heavy atom. The van der Waals surface area contributed by atoms with E-state index in [-0.39, 0.29) is 11.3 Å². The van der Waals surface area contributed by atoms with Crippen LogP contribution in [-0.2, 0) is 14.5 Å². The summed E-state index contributed by atoms with van der Waals surface area (Å²) in [5.41, 5.74) is 0.337. The van der Waals surface area contributed by atoms with Gasteiger partial charge in [0.15, 0.2) is 0 Å². The van der Waals surface area contributed by atoms with Crippen LogP contribution < -0.4 is 4.72 Å². The largest absolute Gasteiger partial charge is 0.472 e. The van der Waals surface area contributed by atoms with Gasteiger partial charge < -0.3 is 0 Å². The smallest absolute Gasteiger partial charge is 0.275 e. The molecule has 1 rings (SSSR count). The van der Waals surface area contributed by atoms with E-state index >= 15 is 0 Å². The molecule has 1 atom stereocenters. The van der Waals surface area contributed by atoms with E-state index in [0.29, 0.717) is 0 Å². The lowest BCUT2D eigenvalue weighted by Crippen LogP contribution is -2.40. The van der Waals surface area contributed by atoms with E-state index < -0.39 is 27.7 Å². The van der Waals surface area contributed by atoms with Crippen LogP contribution in [0.15, 0.2) is 12.1 Å². The number of aryl methyl sites for hydroxylation is 1. The summed E-state index contributed by atoms with van der Waals surface area (Å²) in [5, 5.41) is 0.856. The lowest BCUT2D eigenvalue weighted by atomic mass is 10.2. The molecule has 0 saturated carbocycles. The number of aromatic nitrogens is 1. The van der Waals surface area contributed by atoms with Crippen molar-refractivity contribution in [1.29, 1.82) is 0 Å². The normalized spacial score (nSPS) is 14.6. The van der Waals surface area contributed by atoms with Crippen molar-refractivity contribution in [2.75, 3.05) is 6.26 Å². The van der Waals surface area contributed by atoms with Crippen LogP contribution in [0.4, 0.5) is 17.6 Å². The molecule has 19 heavy (non-hydrogen) atoms. The zero-order chi connectivity index (χ0) is 14.8. The highest BCUT2D eigenvalue weighted by Gasteiger charge is 2.39. The molecular formula is C10H10F4N2O2S. The first-order chi connectivity index (χ1) is 8.49. The lowest BCUT2D eigenvalue weighted by Gasteiger charge is -2.10. The van der Waals surface area contributed by atoms with E-state index in [9.17, 15) is 26.6 Å². The van der Waals surface area contributed by atoms with Gasteiger partial charge in [0.2, 0.25) is 5.95 Å². The Morgan fingerprint density at radius 2 is 2.00 bits per heavy atom. The predicted molar refractivity (Wildman–Crippen MR) is 62.4 cm³/mol. The molecule has 1 amide bonds. The van der Waals surface area contributed by atoms with E-state index in [1.54, 1.807) is 0 Å². The third kappa shape index (κ3) is 4.86. The molecule has 0 bridgehead atoms. The van der Waals surface area contributed by atoms with Crippen molar-refractivity contribution in [1.82, 2.24) is 9.71 Å². The van der Waals surface area contributed by atoms with Crippen LogP contribution >= 0.6 is 0 Å². The Bertz CT molecular complexity index is 598. The Balaban J connectivity index is 3.09. The molecule has 1 aromatic heterocycles. The molecule has 1 N–H and O–H groups in total. The van der Waals surface area contributed by atoms with Gasteiger partial charge in [0.1, 0.15) is 0 Å². The molecule has 1 aromatic rings. The number of carbonyl (C=O) groups excluding carboxylic acids is 1. The van der Waals surface area contributed by atoms with Gasteiger partial charge in [-0.2, -0.15) is 17.6 Å². The van der Waals surface area contributed by atoms with Crippen LogP contribution in [0.1, 0.15) is 11.3 Å². The van der Waals surface area contributed by atoms with Crippen LogP contribution in [0.3, 0.4) is 0 Å². The molecule has 0 aliphatic heterocycles. The van der Waals surface area contributed by atoms with Crippen LogP contribution in [-0.4, -0.2) is 32.9 Å². The van der Waals surface area contributed by atoms with Gasteiger partial charge in [-0.3, -0.25) is 9.52 Å². The first kappa shape index (κ1) is 15.4. The zero-order valence-corrected chi connectivity index (χ0v) is 10.7. The summed E-state index contributed by atoms with van der Waals surface area (Å²) in [5.74, 6) is -3.17. The number of alkyl halides is 3. The molecular weight excluding hydrogens is 288 g/mol. The van der Waals surface area contributed by atoms with Crippen molar-refractivity contribution in [3.05, 3.63) is 29.3 Å². The summed E-state index contributed by atoms with van der Waals surface area (Å²) in [4.78, 5) is 14.1. The third-order valence-electron chi connectivity index (χ3n) is 1.86. The van der Waals surface area contributed by atoms with Gasteiger partial charge in [-0.25, -0.2) is 9.19 Å². The van der Waals surface area contributed by atoms with Crippen LogP contribution in [0.2, 0.25) is 0 Å². The average molecular weight is 298 g/mol. The minimum absolute atomic E-state index is 0.0694. The van der Waals surface area contributed by atoms with E-state index in [2.05, 4.69) is 4.98 Å². The van der Waals surface area contributed by atoms with Crippen LogP contribution in [0.25, 0.3) is 0 Å². The molecule has 0 spiro atoms. The average Bonchev–Trinajstić information content (AvgIpc) is 2.11. The fraction of sp³-hybridized carbons (Fsp3) is 0.300. The molecule has 0 saturated heterocycles. The Kier molecular flexibility index (Phi) is 4.18. The summed E-state index contributed by atoms with van der Waals surface area (Å²) in [6.45, 7) is 1.46. The van der Waals surface area contributed by atoms with Gasteiger partial charge in [-0.1, -0.05) is 0 Å². The number of rotatable bonds is 2. The van der Waals surface area contributed by atoms with Crippen LogP contribution in [0.5, 0.6) is 0 Å². The van der Waals surface area contributed by atoms with Gasteiger partial charge in [0.05, 0.1) is 9.71 Å². The molecule has 0 aliphatic rings. The number of hydrogen-bond acceptors (Lipinski definition) is 3. The molecule has 1 heterocycles. The molecule has 4 nitrogen and oxygen atoms in total. The quantitative estimate of drug-likeness (QED) is 0.507. The minimum atomic E-state index is -5.13. The van der Waals surface area contributed by atoms with Crippen LogP contribution in [0, 0.1) is 12.9 Å². The highest BCUT2D eigenvalue weighted by molar-refractivity contribution is 7.99. The second-order valence-electron chi connectivity index (χ2n) is 3.82. The zero-order valence-electron chi connectivity index (χ0n) is 9.92. The molecule has 0 fully saturated rings. The molecule has 1 unspecified atom stereocenters. The van der Waals surface area contributed by atoms with E-state index in [1.807, 2.05) is 0 Å². The maximum absolute atomic E-state index is 13.0. The molecule has 0 aromatic carbocycles. The van der Waals surface area contributed by atoms with Crippen molar-refractivity contribution < 1.29 is 26.6 Å². The molecule has 9 heteroatoms. The highest BCUT2D eigenvalue weighted by Crippen LogP contribution is 2.14. The first-order valence-corrected chi connectivity index (χ1v) is 6.89. The van der Waals surface area contributed by atoms with Gasteiger partial charge in [0.25, 0.3) is 0 Å². The van der Waals surface area contributed by atoms with Crippen molar-refractivity contribution in [2.45, 2.75) is 13.1 Å². The summed E-state index contributed by atoms with van der Waals surface area (Å²) < 4.78 is 62.2. The Labute approximate surface area is 107 Å². The predicted octanol–water partition coefficient (Wildman–Crippen LogP) is 1.19. The Morgan fingerprint density at radius 3 is 2.47 bits per heavy atom. The summed E-state index contributed by atoms with van der Waals surface area (Å²) >= 11 is 0. The molecule has 106 valence electrons. The number of amides is 1. The number of nitrogens with one attached hydrogen (secondary N) is 1. The van der Waals surface area contributed by atoms with E-state index in [4.69, 9.17) is 0 Å². The van der Waals surface area contributed by atoms with Gasteiger partial charge in [-0.15, -0.1) is 0 Å². The monoisotopic (exact) mass is 298 g/mol. The summed E-state index contributed by atoms with van der Waals surface area (Å²) in [7, 11) is -3.44. The number of pyridine rings is 1. The molecule has 0 radical (unpaired) electrons. The SMILES string of the molecule is Cc1cc(C=S(C)(=O)NC(=O)C(F)(F)F)cc(F)n1. The number of hydrogen-bond donors (Lipinski definition) is 1. The van der Waals surface area contributed by atoms with Gasteiger partial charge in [0, 0.05) is 23.4 Å². The summed E-state index contributed by atoms with van der Waals surface area (Å²) in [6, 6.07) is 2.22. The molecule has 0 aliphatic carbocycles. The fourth-order valence-corrected chi connectivity index (χ4v) is 2.45. The second kappa shape index (κ2) is 5.16. The van der Waals surface area contributed by atoms with Crippen molar-refractivity contribution in [2.24, 2.45) is 0 Å². The van der Waals surface area contributed by atoms with E-state index in [0.717, 1.165) is 17.7 Å². The second-order valence-corrected chi connectivity index (χ2v) is 6.06. The Hall–Kier alpha value is -1.64. The maximum atomic E-state index is 13.0. The van der Waals surface area contributed by atoms with Gasteiger partial charge in [-0.05, 0) is 18.6 Å². The van der Waals surface area contributed by atoms with E-state index in [1.165, 1.54) is 17.7 Å². The highest BCUT2D eigenvalue weighted by atomic mass is 32.2.